The largest absolute Gasteiger partial charge is 0.416 e. The summed E-state index contributed by atoms with van der Waals surface area (Å²) in [6, 6.07) is 5.13. The fourth-order valence-corrected chi connectivity index (χ4v) is 1.56. The lowest BCUT2D eigenvalue weighted by atomic mass is 10.0. The van der Waals surface area contributed by atoms with Gasteiger partial charge in [-0.05, 0) is 36.1 Å². The van der Waals surface area contributed by atoms with Crippen LogP contribution in [0.3, 0.4) is 0 Å². The standard InChI is InChI=1S/C12H13ClF3N.ClH/c13-7-10(8-17)2-1-9-3-5-11(6-4-9)12(14,15)16;/h3-7H,1-2,8,17H2;1H. The van der Waals surface area contributed by atoms with Crippen molar-refractivity contribution in [1.82, 2.24) is 0 Å². The molecule has 0 fully saturated rings. The van der Waals surface area contributed by atoms with Crippen molar-refractivity contribution in [3.8, 4) is 0 Å². The third kappa shape index (κ3) is 5.29. The minimum absolute atomic E-state index is 0. The molecule has 18 heavy (non-hydrogen) atoms. The van der Waals surface area contributed by atoms with E-state index in [1.165, 1.54) is 17.7 Å². The van der Waals surface area contributed by atoms with Gasteiger partial charge in [-0.15, -0.1) is 12.4 Å². The Morgan fingerprint density at radius 3 is 2.17 bits per heavy atom. The van der Waals surface area contributed by atoms with E-state index in [-0.39, 0.29) is 12.4 Å². The van der Waals surface area contributed by atoms with E-state index in [0.29, 0.717) is 19.4 Å². The molecular formula is C12H14Cl2F3N. The number of benzene rings is 1. The fourth-order valence-electron chi connectivity index (χ4n) is 1.37. The van der Waals surface area contributed by atoms with Crippen LogP contribution in [0.4, 0.5) is 13.2 Å². The molecular weight excluding hydrogens is 286 g/mol. The van der Waals surface area contributed by atoms with Crippen molar-refractivity contribution in [3.63, 3.8) is 0 Å². The van der Waals surface area contributed by atoms with Gasteiger partial charge < -0.3 is 5.73 Å². The van der Waals surface area contributed by atoms with E-state index in [1.54, 1.807) is 0 Å². The quantitative estimate of drug-likeness (QED) is 0.888. The van der Waals surface area contributed by atoms with Gasteiger partial charge in [-0.3, -0.25) is 0 Å². The fraction of sp³-hybridized carbons (Fsp3) is 0.333. The van der Waals surface area contributed by atoms with Crippen LogP contribution in [0.5, 0.6) is 0 Å². The molecule has 0 radical (unpaired) electrons. The Bertz CT molecular complexity index is 385. The van der Waals surface area contributed by atoms with Crippen LogP contribution in [0.1, 0.15) is 17.5 Å². The Kier molecular flexibility index (Phi) is 7.36. The topological polar surface area (TPSA) is 26.0 Å². The smallest absolute Gasteiger partial charge is 0.327 e. The number of nitrogens with two attached hydrogens (primary N) is 1. The second-order valence-electron chi connectivity index (χ2n) is 3.67. The van der Waals surface area contributed by atoms with Crippen LogP contribution < -0.4 is 5.73 Å². The van der Waals surface area contributed by atoms with Gasteiger partial charge in [0, 0.05) is 12.1 Å². The molecule has 0 unspecified atom stereocenters. The highest BCUT2D eigenvalue weighted by molar-refractivity contribution is 6.25. The van der Waals surface area contributed by atoms with Gasteiger partial charge >= 0.3 is 6.18 Å². The molecule has 0 spiro atoms. The van der Waals surface area contributed by atoms with Crippen LogP contribution in [0.25, 0.3) is 0 Å². The molecule has 2 N–H and O–H groups in total. The van der Waals surface area contributed by atoms with Crippen molar-refractivity contribution < 1.29 is 13.2 Å². The monoisotopic (exact) mass is 299 g/mol. The molecule has 0 bridgehead atoms. The first-order valence-corrected chi connectivity index (χ1v) is 5.55. The normalized spacial score (nSPS) is 12.2. The van der Waals surface area contributed by atoms with Gasteiger partial charge in [-0.25, -0.2) is 0 Å². The van der Waals surface area contributed by atoms with Crippen LogP contribution in [-0.2, 0) is 12.6 Å². The van der Waals surface area contributed by atoms with Crippen molar-refractivity contribution in [1.29, 1.82) is 0 Å². The van der Waals surface area contributed by atoms with E-state index in [9.17, 15) is 13.2 Å². The maximum Gasteiger partial charge on any atom is 0.416 e. The minimum atomic E-state index is -4.28. The molecule has 0 aliphatic heterocycles. The van der Waals surface area contributed by atoms with Gasteiger partial charge in [-0.2, -0.15) is 13.2 Å². The zero-order chi connectivity index (χ0) is 12.9. The molecule has 0 saturated heterocycles. The van der Waals surface area contributed by atoms with Crippen LogP contribution in [-0.4, -0.2) is 6.54 Å². The zero-order valence-electron chi connectivity index (χ0n) is 9.51. The van der Waals surface area contributed by atoms with Gasteiger partial charge in [0.25, 0.3) is 0 Å². The van der Waals surface area contributed by atoms with E-state index in [2.05, 4.69) is 0 Å². The third-order valence-corrected chi connectivity index (χ3v) is 2.74. The number of rotatable bonds is 4. The molecule has 0 atom stereocenters. The van der Waals surface area contributed by atoms with E-state index >= 15 is 0 Å². The molecule has 0 amide bonds. The summed E-state index contributed by atoms with van der Waals surface area (Å²) in [5, 5.41) is 0. The molecule has 0 aliphatic rings. The Morgan fingerprint density at radius 1 is 1.22 bits per heavy atom. The molecule has 1 aromatic carbocycles. The average molecular weight is 300 g/mol. The lowest BCUT2D eigenvalue weighted by molar-refractivity contribution is -0.137. The van der Waals surface area contributed by atoms with Crippen LogP contribution in [0.2, 0.25) is 0 Å². The number of alkyl halides is 3. The highest BCUT2D eigenvalue weighted by atomic mass is 35.5. The van der Waals surface area contributed by atoms with Crippen LogP contribution >= 0.6 is 24.0 Å². The molecule has 0 saturated carbocycles. The number of halogens is 5. The first kappa shape index (κ1) is 17.3. The van der Waals surface area contributed by atoms with Crippen molar-refractivity contribution in [2.75, 3.05) is 6.54 Å². The molecule has 1 nitrogen and oxygen atoms in total. The van der Waals surface area contributed by atoms with E-state index < -0.39 is 11.7 Å². The Labute approximate surface area is 115 Å². The summed E-state index contributed by atoms with van der Waals surface area (Å²) in [7, 11) is 0. The summed E-state index contributed by atoms with van der Waals surface area (Å²) in [5.74, 6) is 0. The van der Waals surface area contributed by atoms with Crippen molar-refractivity contribution in [3.05, 3.63) is 46.5 Å². The molecule has 1 rings (SSSR count). The molecule has 6 heteroatoms. The highest BCUT2D eigenvalue weighted by Gasteiger charge is 2.29. The highest BCUT2D eigenvalue weighted by Crippen LogP contribution is 2.29. The number of aryl methyl sites for hydroxylation is 1. The Morgan fingerprint density at radius 2 is 1.78 bits per heavy atom. The van der Waals surface area contributed by atoms with E-state index in [4.69, 9.17) is 17.3 Å². The molecule has 1 aromatic rings. The summed E-state index contributed by atoms with van der Waals surface area (Å²) in [4.78, 5) is 0. The minimum Gasteiger partial charge on any atom is -0.327 e. The number of hydrogen-bond acceptors (Lipinski definition) is 1. The Hall–Kier alpha value is -0.710. The van der Waals surface area contributed by atoms with E-state index in [1.807, 2.05) is 0 Å². The maximum absolute atomic E-state index is 12.3. The van der Waals surface area contributed by atoms with Crippen molar-refractivity contribution in [2.45, 2.75) is 19.0 Å². The lowest BCUT2D eigenvalue weighted by Gasteiger charge is -2.08. The van der Waals surface area contributed by atoms with Gasteiger partial charge in [0.05, 0.1) is 5.56 Å². The summed E-state index contributed by atoms with van der Waals surface area (Å²) >= 11 is 5.53. The van der Waals surface area contributed by atoms with Crippen LogP contribution in [0.15, 0.2) is 35.4 Å². The first-order valence-electron chi connectivity index (χ1n) is 5.11. The maximum atomic E-state index is 12.3. The summed E-state index contributed by atoms with van der Waals surface area (Å²) in [6.07, 6.45) is -2.99. The molecule has 0 aliphatic carbocycles. The van der Waals surface area contributed by atoms with Gasteiger partial charge in [0.2, 0.25) is 0 Å². The van der Waals surface area contributed by atoms with Crippen molar-refractivity contribution in [2.24, 2.45) is 5.73 Å². The average Bonchev–Trinajstić information content (AvgIpc) is 2.30. The summed E-state index contributed by atoms with van der Waals surface area (Å²) < 4.78 is 36.9. The summed E-state index contributed by atoms with van der Waals surface area (Å²) in [6.45, 7) is 0.365. The van der Waals surface area contributed by atoms with Crippen LogP contribution in [0, 0.1) is 0 Å². The second kappa shape index (κ2) is 7.67. The zero-order valence-corrected chi connectivity index (χ0v) is 11.1. The number of hydrogen-bond donors (Lipinski definition) is 1. The first-order chi connectivity index (χ1) is 7.97. The second-order valence-corrected chi connectivity index (χ2v) is 3.88. The van der Waals surface area contributed by atoms with Gasteiger partial charge in [0.1, 0.15) is 0 Å². The Balaban J connectivity index is 0.00000289. The predicted molar refractivity (Wildman–Crippen MR) is 70.0 cm³/mol. The van der Waals surface area contributed by atoms with E-state index in [0.717, 1.165) is 23.3 Å². The molecule has 102 valence electrons. The predicted octanol–water partition coefficient (Wildman–Crippen LogP) is 4.14. The molecule has 0 aromatic heterocycles. The van der Waals surface area contributed by atoms with Gasteiger partial charge in [0.15, 0.2) is 0 Å². The van der Waals surface area contributed by atoms with Crippen molar-refractivity contribution >= 4 is 24.0 Å². The third-order valence-electron chi connectivity index (χ3n) is 2.43. The lowest BCUT2D eigenvalue weighted by Crippen LogP contribution is -2.05. The molecule has 0 heterocycles. The van der Waals surface area contributed by atoms with Gasteiger partial charge in [-0.1, -0.05) is 23.7 Å². The summed E-state index contributed by atoms with van der Waals surface area (Å²) in [5.41, 5.74) is 7.93. The SMILES string of the molecule is Cl.NCC(=CCl)CCc1ccc(C(F)(F)F)cc1.